The molecule has 0 atom stereocenters. The minimum Gasteiger partial charge on any atom is -0.497 e. The summed E-state index contributed by atoms with van der Waals surface area (Å²) in [5.41, 5.74) is 0.796. The van der Waals surface area contributed by atoms with Crippen LogP contribution in [0.2, 0.25) is 5.02 Å². The van der Waals surface area contributed by atoms with Gasteiger partial charge in [0.2, 0.25) is 0 Å². The van der Waals surface area contributed by atoms with Crippen molar-refractivity contribution >= 4 is 29.2 Å². The second kappa shape index (κ2) is 8.21. The second-order valence-electron chi connectivity index (χ2n) is 4.70. The van der Waals surface area contributed by atoms with Crippen molar-refractivity contribution in [3.05, 3.63) is 53.1 Å². The zero-order valence-corrected chi connectivity index (χ0v) is 13.9. The highest BCUT2D eigenvalue weighted by Crippen LogP contribution is 2.25. The number of hydrogen-bond acceptors (Lipinski definition) is 5. The number of hydrogen-bond donors (Lipinski definition) is 1. The van der Waals surface area contributed by atoms with Gasteiger partial charge in [-0.1, -0.05) is 11.6 Å². The summed E-state index contributed by atoms with van der Waals surface area (Å²) >= 11 is 5.79. The van der Waals surface area contributed by atoms with Gasteiger partial charge in [0.05, 0.1) is 14.2 Å². The lowest BCUT2D eigenvalue weighted by molar-refractivity contribution is -0.118. The molecule has 6 nitrogen and oxygen atoms in total. The summed E-state index contributed by atoms with van der Waals surface area (Å²) in [5.74, 6) is -0.245. The number of rotatable bonds is 6. The maximum Gasteiger partial charge on any atom is 0.341 e. The van der Waals surface area contributed by atoms with Crippen molar-refractivity contribution in [1.82, 2.24) is 0 Å². The third-order valence-electron chi connectivity index (χ3n) is 3.08. The molecule has 0 saturated carbocycles. The first-order chi connectivity index (χ1) is 11.5. The van der Waals surface area contributed by atoms with E-state index in [1.54, 1.807) is 30.3 Å². The summed E-state index contributed by atoms with van der Waals surface area (Å²) < 4.78 is 15.2. The number of nitrogens with one attached hydrogen (secondary N) is 1. The average Bonchev–Trinajstić information content (AvgIpc) is 2.61. The molecular formula is C17H16ClNO5. The number of carbonyl (C=O) groups excluding carboxylic acids is 2. The molecule has 1 N–H and O–H groups in total. The Balaban J connectivity index is 2.05. The normalized spacial score (nSPS) is 9.96. The van der Waals surface area contributed by atoms with E-state index in [0.29, 0.717) is 16.5 Å². The number of esters is 1. The van der Waals surface area contributed by atoms with Gasteiger partial charge in [0.25, 0.3) is 5.91 Å². The maximum atomic E-state index is 12.0. The number of ether oxygens (including phenoxy) is 3. The van der Waals surface area contributed by atoms with Gasteiger partial charge in [-0.05, 0) is 36.4 Å². The van der Waals surface area contributed by atoms with Crippen LogP contribution in [0.1, 0.15) is 10.4 Å². The van der Waals surface area contributed by atoms with Crippen LogP contribution in [0, 0.1) is 0 Å². The molecule has 0 aliphatic heterocycles. The van der Waals surface area contributed by atoms with Crippen molar-refractivity contribution in [2.45, 2.75) is 0 Å². The van der Waals surface area contributed by atoms with E-state index in [0.717, 1.165) is 0 Å². The predicted molar refractivity (Wildman–Crippen MR) is 89.9 cm³/mol. The monoisotopic (exact) mass is 349 g/mol. The topological polar surface area (TPSA) is 73.9 Å². The van der Waals surface area contributed by atoms with Gasteiger partial charge in [0, 0.05) is 16.8 Å². The van der Waals surface area contributed by atoms with Gasteiger partial charge in [-0.15, -0.1) is 0 Å². The highest BCUT2D eigenvalue weighted by molar-refractivity contribution is 6.30. The Labute approximate surface area is 144 Å². The molecule has 0 fully saturated rings. The fourth-order valence-electron chi connectivity index (χ4n) is 1.90. The third kappa shape index (κ3) is 4.63. The molecule has 2 rings (SSSR count). The zero-order valence-electron chi connectivity index (χ0n) is 13.2. The van der Waals surface area contributed by atoms with Crippen LogP contribution in [0.15, 0.2) is 42.5 Å². The number of methoxy groups -OCH3 is 2. The first-order valence-electron chi connectivity index (χ1n) is 6.98. The van der Waals surface area contributed by atoms with Crippen LogP contribution >= 0.6 is 11.6 Å². The van der Waals surface area contributed by atoms with Crippen LogP contribution in [0.3, 0.4) is 0 Å². The molecule has 2 aromatic rings. The minimum atomic E-state index is -0.564. The molecule has 0 saturated heterocycles. The molecule has 0 aromatic heterocycles. The second-order valence-corrected chi connectivity index (χ2v) is 5.13. The van der Waals surface area contributed by atoms with Crippen molar-refractivity contribution in [1.29, 1.82) is 0 Å². The number of carbonyl (C=O) groups is 2. The van der Waals surface area contributed by atoms with Crippen LogP contribution < -0.4 is 14.8 Å². The molecule has 0 unspecified atom stereocenters. The molecule has 0 aliphatic carbocycles. The fourth-order valence-corrected chi connectivity index (χ4v) is 2.03. The fraction of sp³-hybridized carbons (Fsp3) is 0.176. The van der Waals surface area contributed by atoms with Gasteiger partial charge in [0.15, 0.2) is 6.61 Å². The van der Waals surface area contributed by atoms with Crippen LogP contribution in [0.4, 0.5) is 5.69 Å². The highest BCUT2D eigenvalue weighted by Gasteiger charge is 2.15. The van der Waals surface area contributed by atoms with Crippen molar-refractivity contribution in [2.75, 3.05) is 26.1 Å². The lowest BCUT2D eigenvalue weighted by Gasteiger charge is -2.12. The van der Waals surface area contributed by atoms with E-state index >= 15 is 0 Å². The lowest BCUT2D eigenvalue weighted by Crippen LogP contribution is -2.21. The Hall–Kier alpha value is -2.73. The van der Waals surface area contributed by atoms with Crippen molar-refractivity contribution in [3.8, 4) is 11.5 Å². The molecule has 126 valence electrons. The quantitative estimate of drug-likeness (QED) is 0.811. The molecule has 7 heteroatoms. The predicted octanol–water partition coefficient (Wildman–Crippen LogP) is 3.15. The number of anilines is 1. The summed E-state index contributed by atoms with van der Waals surface area (Å²) in [5, 5.41) is 3.23. The first kappa shape index (κ1) is 17.6. The lowest BCUT2D eigenvalue weighted by atomic mass is 10.2. The minimum absolute atomic E-state index is 0.201. The number of benzene rings is 2. The molecule has 24 heavy (non-hydrogen) atoms. The number of halogens is 1. The molecule has 0 bridgehead atoms. The van der Waals surface area contributed by atoms with Crippen LogP contribution in [0.5, 0.6) is 11.5 Å². The van der Waals surface area contributed by atoms with E-state index in [1.807, 2.05) is 0 Å². The summed E-state index contributed by atoms with van der Waals surface area (Å²) in [6.45, 7) is -0.278. The Kier molecular flexibility index (Phi) is 6.03. The van der Waals surface area contributed by atoms with E-state index in [-0.39, 0.29) is 23.8 Å². The van der Waals surface area contributed by atoms with E-state index in [9.17, 15) is 9.59 Å². The maximum absolute atomic E-state index is 12.0. The Morgan fingerprint density at radius 2 is 1.79 bits per heavy atom. The Morgan fingerprint density at radius 3 is 2.42 bits per heavy atom. The van der Waals surface area contributed by atoms with Gasteiger partial charge in [0.1, 0.15) is 17.1 Å². The van der Waals surface area contributed by atoms with Gasteiger partial charge >= 0.3 is 5.97 Å². The SMILES string of the molecule is COC(=O)c1ccc(OC)cc1OCC(=O)Nc1ccc(Cl)cc1. The molecule has 0 radical (unpaired) electrons. The first-order valence-corrected chi connectivity index (χ1v) is 7.36. The highest BCUT2D eigenvalue weighted by atomic mass is 35.5. The Morgan fingerprint density at radius 1 is 1.08 bits per heavy atom. The molecule has 0 aliphatic rings. The van der Waals surface area contributed by atoms with E-state index in [1.165, 1.54) is 26.4 Å². The Bertz CT molecular complexity index is 730. The van der Waals surface area contributed by atoms with Crippen molar-refractivity contribution in [3.63, 3.8) is 0 Å². The van der Waals surface area contributed by atoms with Crippen LogP contribution in [-0.4, -0.2) is 32.7 Å². The summed E-state index contributed by atoms with van der Waals surface area (Å²) in [7, 11) is 2.76. The number of amides is 1. The summed E-state index contributed by atoms with van der Waals surface area (Å²) in [4.78, 5) is 23.7. The molecule has 0 heterocycles. The summed E-state index contributed by atoms with van der Waals surface area (Å²) in [6.07, 6.45) is 0. The van der Waals surface area contributed by atoms with Gasteiger partial charge in [-0.3, -0.25) is 4.79 Å². The molecule has 1 amide bonds. The van der Waals surface area contributed by atoms with Gasteiger partial charge in [-0.2, -0.15) is 0 Å². The van der Waals surface area contributed by atoms with Crippen LogP contribution in [0.25, 0.3) is 0 Å². The molecule has 2 aromatic carbocycles. The smallest absolute Gasteiger partial charge is 0.341 e. The van der Waals surface area contributed by atoms with Crippen LogP contribution in [-0.2, 0) is 9.53 Å². The van der Waals surface area contributed by atoms with Gasteiger partial charge < -0.3 is 19.5 Å². The van der Waals surface area contributed by atoms with Crippen molar-refractivity contribution in [2.24, 2.45) is 0 Å². The van der Waals surface area contributed by atoms with Gasteiger partial charge in [-0.25, -0.2) is 4.79 Å². The zero-order chi connectivity index (χ0) is 17.5. The third-order valence-corrected chi connectivity index (χ3v) is 3.33. The van der Waals surface area contributed by atoms with E-state index < -0.39 is 5.97 Å². The largest absolute Gasteiger partial charge is 0.497 e. The van der Waals surface area contributed by atoms with Crippen molar-refractivity contribution < 1.29 is 23.8 Å². The van der Waals surface area contributed by atoms with E-state index in [4.69, 9.17) is 25.8 Å². The summed E-state index contributed by atoms with van der Waals surface area (Å²) in [6, 6.07) is 11.3. The molecule has 0 spiro atoms. The molecular weight excluding hydrogens is 334 g/mol. The average molecular weight is 350 g/mol. The standard InChI is InChI=1S/C17H16ClNO5/c1-22-13-7-8-14(17(21)23-2)15(9-13)24-10-16(20)19-12-5-3-11(18)4-6-12/h3-9H,10H2,1-2H3,(H,19,20). The van der Waals surface area contributed by atoms with E-state index in [2.05, 4.69) is 5.32 Å².